The van der Waals surface area contributed by atoms with E-state index in [1.54, 1.807) is 0 Å². The highest BCUT2D eigenvalue weighted by atomic mass is 16.5. The van der Waals surface area contributed by atoms with Crippen molar-refractivity contribution in [2.24, 2.45) is 0 Å². The molecule has 0 aromatic heterocycles. The second-order valence-electron chi connectivity index (χ2n) is 5.25. The van der Waals surface area contributed by atoms with Crippen LogP contribution in [-0.4, -0.2) is 44.4 Å². The van der Waals surface area contributed by atoms with Crippen molar-refractivity contribution >= 4 is 11.0 Å². The van der Waals surface area contributed by atoms with Gasteiger partial charge in [0.15, 0.2) is 11.5 Å². The highest BCUT2D eigenvalue weighted by molar-refractivity contribution is 5.82. The maximum absolute atomic E-state index is 12.1. The molecule has 10 nitrogen and oxygen atoms in total. The Morgan fingerprint density at radius 3 is 2.58 bits per heavy atom. The van der Waals surface area contributed by atoms with E-state index in [0.29, 0.717) is 11.0 Å². The Morgan fingerprint density at radius 2 is 1.88 bits per heavy atom. The zero-order chi connectivity index (χ0) is 18.7. The monoisotopic (exact) mass is 352 g/mol. The zero-order valence-electron chi connectivity index (χ0n) is 13.4. The van der Waals surface area contributed by atoms with Crippen molar-refractivity contribution in [1.29, 1.82) is 10.5 Å². The van der Waals surface area contributed by atoms with E-state index in [-0.39, 0.29) is 49.0 Å². The number of nitrogens with zero attached hydrogens (tertiary/aromatic N) is 5. The molecule has 0 aliphatic carbocycles. The number of benzene rings is 1. The molecule has 0 spiro atoms. The molecule has 2 aliphatic rings. The van der Waals surface area contributed by atoms with Gasteiger partial charge in [-0.05, 0) is 12.1 Å². The number of nitrogens with one attached hydrogen (secondary N) is 1. The molecule has 0 unspecified atom stereocenters. The Hall–Kier alpha value is -3.60. The molecule has 2 aliphatic heterocycles. The Balaban J connectivity index is 2.32. The van der Waals surface area contributed by atoms with Crippen LogP contribution in [-0.2, 0) is 11.3 Å². The van der Waals surface area contributed by atoms with E-state index in [1.165, 1.54) is 16.7 Å². The number of hydrogen-bond acceptors (Lipinski definition) is 8. The molecule has 130 valence electrons. The van der Waals surface area contributed by atoms with E-state index in [9.17, 15) is 20.1 Å². The van der Waals surface area contributed by atoms with E-state index < -0.39 is 11.2 Å². The number of fused-ring (bicyclic) bond motifs is 2. The highest BCUT2D eigenvalue weighted by Crippen LogP contribution is 2.23. The summed E-state index contributed by atoms with van der Waals surface area (Å²) in [5, 5.41) is 27.2. The molecule has 26 heavy (non-hydrogen) atoms. The lowest BCUT2D eigenvalue weighted by molar-refractivity contribution is 0.0875. The molecule has 1 aromatic carbocycles. The van der Waals surface area contributed by atoms with Crippen molar-refractivity contribution < 1.29 is 9.84 Å². The van der Waals surface area contributed by atoms with Crippen LogP contribution in [0.1, 0.15) is 11.1 Å². The maximum atomic E-state index is 12.1. The van der Waals surface area contributed by atoms with Gasteiger partial charge in [-0.3, -0.25) is 9.78 Å². The first-order chi connectivity index (χ1) is 12.6. The van der Waals surface area contributed by atoms with Crippen LogP contribution in [0.3, 0.4) is 0 Å². The quantitative estimate of drug-likeness (QED) is 0.452. The van der Waals surface area contributed by atoms with Crippen molar-refractivity contribution in [3.05, 3.63) is 44.1 Å². The standard InChI is InChI=1S/C16H12N6O4/c17-7-9-5-11-12(6-10(9)8-18)22(1-3-26-4-2-23)14-13(19-11)15(24)21-16(25)20-14/h5-6,23H,1-4H2,(H,21,24,25). The first-order valence-corrected chi connectivity index (χ1v) is 7.56. The van der Waals surface area contributed by atoms with Gasteiger partial charge in [0.25, 0.3) is 5.56 Å². The predicted octanol–water partition coefficient (Wildman–Crippen LogP) is -0.663. The topological polar surface area (TPSA) is 158 Å². The van der Waals surface area contributed by atoms with Gasteiger partial charge in [0.1, 0.15) is 12.1 Å². The minimum Gasteiger partial charge on any atom is -0.394 e. The van der Waals surface area contributed by atoms with Crippen molar-refractivity contribution in [3.8, 4) is 23.7 Å². The number of hydrogen-bond donors (Lipinski definition) is 2. The van der Waals surface area contributed by atoms with Gasteiger partial charge in [-0.25, -0.2) is 9.78 Å². The van der Waals surface area contributed by atoms with Crippen LogP contribution in [0.25, 0.3) is 22.6 Å². The van der Waals surface area contributed by atoms with Crippen LogP contribution in [0.15, 0.2) is 21.7 Å². The Bertz CT molecular complexity index is 1150. The van der Waals surface area contributed by atoms with Gasteiger partial charge in [-0.2, -0.15) is 15.5 Å². The fraction of sp³-hybridized carbons (Fsp3) is 0.250. The molecular weight excluding hydrogens is 340 g/mol. The van der Waals surface area contributed by atoms with Gasteiger partial charge in [0, 0.05) is 6.54 Å². The smallest absolute Gasteiger partial charge is 0.349 e. The van der Waals surface area contributed by atoms with Gasteiger partial charge >= 0.3 is 5.69 Å². The SMILES string of the molecule is N#Cc1cc2nc3c(=O)[nH]c(=O)nc-3n(CCOCCO)c2cc1C#N. The van der Waals surface area contributed by atoms with E-state index in [2.05, 4.69) is 15.0 Å². The summed E-state index contributed by atoms with van der Waals surface area (Å²) < 4.78 is 6.78. The van der Waals surface area contributed by atoms with Crippen LogP contribution >= 0.6 is 0 Å². The summed E-state index contributed by atoms with van der Waals surface area (Å²) in [6.07, 6.45) is 0. The van der Waals surface area contributed by atoms with E-state index in [1.807, 2.05) is 12.1 Å². The Labute approximate surface area is 145 Å². The number of rotatable bonds is 5. The summed E-state index contributed by atoms with van der Waals surface area (Å²) in [6.45, 7) is 0.353. The lowest BCUT2D eigenvalue weighted by Gasteiger charge is -2.17. The van der Waals surface area contributed by atoms with E-state index >= 15 is 0 Å². The Kier molecular flexibility index (Phi) is 4.71. The summed E-state index contributed by atoms with van der Waals surface area (Å²) >= 11 is 0. The summed E-state index contributed by atoms with van der Waals surface area (Å²) in [4.78, 5) is 33.8. The van der Waals surface area contributed by atoms with Crippen molar-refractivity contribution in [3.63, 3.8) is 0 Å². The minimum absolute atomic E-state index is 0.0486. The zero-order valence-corrected chi connectivity index (χ0v) is 13.4. The molecular formula is C16H12N6O4. The third-order valence-electron chi connectivity index (χ3n) is 3.68. The summed E-state index contributed by atoms with van der Waals surface area (Å²) in [5.41, 5.74) is -0.581. The fourth-order valence-electron chi connectivity index (χ4n) is 2.57. The number of aliphatic hydroxyl groups excluding tert-OH is 1. The third-order valence-corrected chi connectivity index (χ3v) is 3.68. The molecule has 0 saturated carbocycles. The second-order valence-corrected chi connectivity index (χ2v) is 5.25. The average molecular weight is 352 g/mol. The number of H-pyrrole nitrogens is 1. The highest BCUT2D eigenvalue weighted by Gasteiger charge is 2.20. The Morgan fingerprint density at radius 1 is 1.15 bits per heavy atom. The molecule has 10 heteroatoms. The predicted molar refractivity (Wildman–Crippen MR) is 88.4 cm³/mol. The molecule has 2 N–H and O–H groups in total. The lowest BCUT2D eigenvalue weighted by Crippen LogP contribution is -2.29. The van der Waals surface area contributed by atoms with Crippen molar-refractivity contribution in [2.45, 2.75) is 6.54 Å². The molecule has 2 heterocycles. The average Bonchev–Trinajstić information content (AvgIpc) is 2.64. The van der Waals surface area contributed by atoms with Crippen molar-refractivity contribution in [2.75, 3.05) is 19.8 Å². The van der Waals surface area contributed by atoms with Crippen LogP contribution < -0.4 is 11.2 Å². The van der Waals surface area contributed by atoms with Crippen molar-refractivity contribution in [1.82, 2.24) is 19.5 Å². The number of ether oxygens (including phenoxy) is 1. The van der Waals surface area contributed by atoms with Gasteiger partial charge in [0.2, 0.25) is 0 Å². The first-order valence-electron chi connectivity index (χ1n) is 7.56. The normalized spacial score (nSPS) is 10.7. The third kappa shape index (κ3) is 3.02. The van der Waals surface area contributed by atoms with Gasteiger partial charge < -0.3 is 14.4 Å². The summed E-state index contributed by atoms with van der Waals surface area (Å²) in [5.74, 6) is 0.0486. The van der Waals surface area contributed by atoms with Gasteiger partial charge in [-0.15, -0.1) is 0 Å². The molecule has 0 saturated heterocycles. The molecule has 3 rings (SSSR count). The molecule has 0 fully saturated rings. The number of aliphatic hydroxyl groups is 1. The van der Waals surface area contributed by atoms with Crippen LogP contribution in [0.5, 0.6) is 0 Å². The second kappa shape index (κ2) is 7.11. The molecule has 0 radical (unpaired) electrons. The molecule has 1 aromatic rings. The number of nitriles is 2. The lowest BCUT2D eigenvalue weighted by atomic mass is 10.1. The molecule has 0 bridgehead atoms. The van der Waals surface area contributed by atoms with Crippen LogP contribution in [0, 0.1) is 22.7 Å². The van der Waals surface area contributed by atoms with Gasteiger partial charge in [-0.1, -0.05) is 0 Å². The summed E-state index contributed by atoms with van der Waals surface area (Å²) in [7, 11) is 0. The summed E-state index contributed by atoms with van der Waals surface area (Å²) in [6, 6.07) is 6.71. The first kappa shape index (κ1) is 17.2. The number of aromatic amines is 1. The van der Waals surface area contributed by atoms with Gasteiger partial charge in [0.05, 0.1) is 42.0 Å². The van der Waals surface area contributed by atoms with Crippen LogP contribution in [0.4, 0.5) is 0 Å². The largest absolute Gasteiger partial charge is 0.394 e. The van der Waals surface area contributed by atoms with E-state index in [0.717, 1.165) is 0 Å². The van der Waals surface area contributed by atoms with E-state index in [4.69, 9.17) is 9.84 Å². The number of aromatic nitrogens is 4. The fourth-order valence-corrected chi connectivity index (χ4v) is 2.57. The molecule has 0 amide bonds. The molecule has 0 atom stereocenters. The maximum Gasteiger partial charge on any atom is 0.349 e. The minimum atomic E-state index is -0.817. The van der Waals surface area contributed by atoms with Crippen LogP contribution in [0.2, 0.25) is 0 Å².